The van der Waals surface area contributed by atoms with Gasteiger partial charge in [-0.15, -0.1) is 0 Å². The van der Waals surface area contributed by atoms with E-state index < -0.39 is 10.1 Å². The van der Waals surface area contributed by atoms with Crippen LogP contribution in [-0.4, -0.2) is 15.0 Å². The van der Waals surface area contributed by atoms with E-state index in [1.165, 1.54) is 11.1 Å². The zero-order valence-electron chi connectivity index (χ0n) is 13.2. The minimum atomic E-state index is -3.66. The van der Waals surface area contributed by atoms with E-state index >= 15 is 0 Å². The molecule has 0 aliphatic heterocycles. The van der Waals surface area contributed by atoms with E-state index in [1.807, 2.05) is 13.8 Å². The summed E-state index contributed by atoms with van der Waals surface area (Å²) in [7, 11) is -3.66. The first kappa shape index (κ1) is 16.7. The number of aryl methyl sites for hydroxylation is 2. The fourth-order valence-corrected chi connectivity index (χ4v) is 3.09. The Morgan fingerprint density at radius 1 is 0.909 bits per heavy atom. The van der Waals surface area contributed by atoms with E-state index in [0.717, 1.165) is 5.56 Å². The molecule has 0 fully saturated rings. The lowest BCUT2D eigenvalue weighted by molar-refractivity contribution is 0.303. The Kier molecular flexibility index (Phi) is 5.37. The molecule has 0 aliphatic rings. The quantitative estimate of drug-likeness (QED) is 0.750. The molecule has 0 saturated carbocycles. The van der Waals surface area contributed by atoms with Gasteiger partial charge in [-0.25, -0.2) is 0 Å². The van der Waals surface area contributed by atoms with Crippen LogP contribution < -0.4 is 0 Å². The Morgan fingerprint density at radius 2 is 1.41 bits per heavy atom. The molecule has 0 radical (unpaired) electrons. The molecule has 4 heteroatoms. The van der Waals surface area contributed by atoms with Gasteiger partial charge in [-0.2, -0.15) is 8.42 Å². The third kappa shape index (κ3) is 4.42. The first-order chi connectivity index (χ1) is 10.4. The van der Waals surface area contributed by atoms with Crippen LogP contribution in [0.15, 0.2) is 53.4 Å². The summed E-state index contributed by atoms with van der Waals surface area (Å²) in [4.78, 5) is 0.209. The molecule has 2 aromatic rings. The molecule has 0 amide bonds. The van der Waals surface area contributed by atoms with Crippen molar-refractivity contribution >= 4 is 10.1 Å². The van der Waals surface area contributed by atoms with Gasteiger partial charge in [0.1, 0.15) is 0 Å². The normalized spacial score (nSPS) is 13.0. The lowest BCUT2D eigenvalue weighted by atomic mass is 9.97. The van der Waals surface area contributed by atoms with Crippen LogP contribution >= 0.6 is 0 Å². The number of hydrogen-bond donors (Lipinski definition) is 0. The molecule has 1 atom stereocenters. The number of rotatable bonds is 6. The van der Waals surface area contributed by atoms with E-state index in [-0.39, 0.29) is 17.4 Å². The molecule has 0 heterocycles. The first-order valence-corrected chi connectivity index (χ1v) is 8.82. The molecule has 3 nitrogen and oxygen atoms in total. The standard InChI is InChI=1S/C18H22O3S/c1-14-4-8-17(9-5-14)16(3)12-13-21-22(19,20)18-10-6-15(2)7-11-18/h4-11,16H,12-13H2,1-3H3/t16-/m0/s1. The van der Waals surface area contributed by atoms with Gasteiger partial charge < -0.3 is 0 Å². The molecule has 0 unspecified atom stereocenters. The number of hydrogen-bond acceptors (Lipinski definition) is 3. The highest BCUT2D eigenvalue weighted by Gasteiger charge is 2.15. The van der Waals surface area contributed by atoms with Crippen molar-refractivity contribution in [1.82, 2.24) is 0 Å². The Balaban J connectivity index is 1.92. The van der Waals surface area contributed by atoms with Crippen LogP contribution in [0.3, 0.4) is 0 Å². The fourth-order valence-electron chi connectivity index (χ4n) is 2.17. The topological polar surface area (TPSA) is 43.4 Å². The van der Waals surface area contributed by atoms with Gasteiger partial charge in [-0.1, -0.05) is 54.4 Å². The lowest BCUT2D eigenvalue weighted by Gasteiger charge is -2.12. The average molecular weight is 318 g/mol. The Labute approximate surface area is 133 Å². The average Bonchev–Trinajstić information content (AvgIpc) is 2.48. The summed E-state index contributed by atoms with van der Waals surface area (Å²) in [5.74, 6) is 0.258. The molecule has 0 N–H and O–H groups in total. The third-order valence-electron chi connectivity index (χ3n) is 3.75. The summed E-state index contributed by atoms with van der Waals surface area (Å²) < 4.78 is 29.3. The summed E-state index contributed by atoms with van der Waals surface area (Å²) >= 11 is 0. The minimum Gasteiger partial charge on any atom is -0.266 e. The molecule has 0 aliphatic carbocycles. The van der Waals surface area contributed by atoms with Crippen LogP contribution in [0.5, 0.6) is 0 Å². The molecule has 0 saturated heterocycles. The fraction of sp³-hybridized carbons (Fsp3) is 0.333. The summed E-state index contributed by atoms with van der Waals surface area (Å²) in [5.41, 5.74) is 3.43. The van der Waals surface area contributed by atoms with Crippen molar-refractivity contribution in [2.24, 2.45) is 0 Å². The zero-order valence-corrected chi connectivity index (χ0v) is 14.1. The highest BCUT2D eigenvalue weighted by molar-refractivity contribution is 7.86. The maximum absolute atomic E-state index is 12.1. The van der Waals surface area contributed by atoms with Gasteiger partial charge >= 0.3 is 0 Å². The van der Waals surface area contributed by atoms with E-state index in [0.29, 0.717) is 6.42 Å². The van der Waals surface area contributed by atoms with Crippen molar-refractivity contribution < 1.29 is 12.6 Å². The van der Waals surface area contributed by atoms with Gasteiger partial charge in [0, 0.05) is 0 Å². The SMILES string of the molecule is Cc1ccc([C@@H](C)CCOS(=O)(=O)c2ccc(C)cc2)cc1. The maximum Gasteiger partial charge on any atom is 0.296 e. The Bertz CT molecular complexity index is 701. The van der Waals surface area contributed by atoms with Gasteiger partial charge in [-0.05, 0) is 43.9 Å². The van der Waals surface area contributed by atoms with Gasteiger partial charge in [0.25, 0.3) is 10.1 Å². The Hall–Kier alpha value is -1.65. The van der Waals surface area contributed by atoms with Crippen molar-refractivity contribution in [3.8, 4) is 0 Å². The highest BCUT2D eigenvalue weighted by atomic mass is 32.2. The molecule has 118 valence electrons. The minimum absolute atomic E-state index is 0.186. The smallest absolute Gasteiger partial charge is 0.266 e. The molecule has 2 aromatic carbocycles. The van der Waals surface area contributed by atoms with Crippen molar-refractivity contribution in [1.29, 1.82) is 0 Å². The molecule has 0 bridgehead atoms. The highest BCUT2D eigenvalue weighted by Crippen LogP contribution is 2.21. The summed E-state index contributed by atoms with van der Waals surface area (Å²) in [6.45, 7) is 6.23. The van der Waals surface area contributed by atoms with Crippen molar-refractivity contribution in [3.05, 3.63) is 65.2 Å². The van der Waals surface area contributed by atoms with Crippen LogP contribution in [0, 0.1) is 13.8 Å². The predicted octanol–water partition coefficient (Wildman–Crippen LogP) is 4.20. The summed E-state index contributed by atoms with van der Waals surface area (Å²) in [5, 5.41) is 0. The largest absolute Gasteiger partial charge is 0.296 e. The van der Waals surface area contributed by atoms with Crippen LogP contribution in [0.25, 0.3) is 0 Å². The van der Waals surface area contributed by atoms with Gasteiger partial charge in [0.15, 0.2) is 0 Å². The molecular weight excluding hydrogens is 296 g/mol. The second kappa shape index (κ2) is 7.07. The van der Waals surface area contributed by atoms with E-state index in [9.17, 15) is 8.42 Å². The zero-order chi connectivity index (χ0) is 16.2. The third-order valence-corrected chi connectivity index (χ3v) is 5.07. The molecule has 2 rings (SSSR count). The predicted molar refractivity (Wildman–Crippen MR) is 88.5 cm³/mol. The van der Waals surface area contributed by atoms with E-state index in [1.54, 1.807) is 24.3 Å². The van der Waals surface area contributed by atoms with Crippen LogP contribution in [-0.2, 0) is 14.3 Å². The monoisotopic (exact) mass is 318 g/mol. The molecule has 22 heavy (non-hydrogen) atoms. The van der Waals surface area contributed by atoms with E-state index in [4.69, 9.17) is 4.18 Å². The second-order valence-corrected chi connectivity index (χ2v) is 7.30. The summed E-state index contributed by atoms with van der Waals surface area (Å²) in [6.07, 6.45) is 0.661. The van der Waals surface area contributed by atoms with Gasteiger partial charge in [0.2, 0.25) is 0 Å². The lowest BCUT2D eigenvalue weighted by Crippen LogP contribution is -2.09. The first-order valence-electron chi connectivity index (χ1n) is 7.41. The molecule has 0 spiro atoms. The maximum atomic E-state index is 12.1. The van der Waals surface area contributed by atoms with Gasteiger partial charge in [-0.3, -0.25) is 4.18 Å². The van der Waals surface area contributed by atoms with Crippen LogP contribution in [0.2, 0.25) is 0 Å². The molecule has 0 aromatic heterocycles. The van der Waals surface area contributed by atoms with Crippen molar-refractivity contribution in [2.75, 3.05) is 6.61 Å². The second-order valence-electron chi connectivity index (χ2n) is 5.69. The van der Waals surface area contributed by atoms with Crippen molar-refractivity contribution in [3.63, 3.8) is 0 Å². The summed E-state index contributed by atoms with van der Waals surface area (Å²) in [6, 6.07) is 15.0. The van der Waals surface area contributed by atoms with E-state index in [2.05, 4.69) is 31.2 Å². The van der Waals surface area contributed by atoms with Gasteiger partial charge in [0.05, 0.1) is 11.5 Å². The van der Waals surface area contributed by atoms with Crippen LogP contribution in [0.4, 0.5) is 0 Å². The van der Waals surface area contributed by atoms with Crippen LogP contribution in [0.1, 0.15) is 36.0 Å². The number of benzene rings is 2. The Morgan fingerprint density at radius 3 is 1.95 bits per heavy atom. The van der Waals surface area contributed by atoms with Crippen molar-refractivity contribution in [2.45, 2.75) is 38.0 Å². The molecular formula is C18H22O3S.